The molecule has 7 heteroatoms. The fourth-order valence-corrected chi connectivity index (χ4v) is 5.22. The van der Waals surface area contributed by atoms with Gasteiger partial charge in [-0.15, -0.1) is 0 Å². The molecule has 24 heavy (non-hydrogen) atoms. The van der Waals surface area contributed by atoms with E-state index in [-0.39, 0.29) is 23.6 Å². The molecule has 0 aliphatic carbocycles. The van der Waals surface area contributed by atoms with Crippen molar-refractivity contribution < 1.29 is 18.3 Å². The summed E-state index contributed by atoms with van der Waals surface area (Å²) in [5.41, 5.74) is 0.627. The number of anilines is 1. The van der Waals surface area contributed by atoms with Crippen LogP contribution >= 0.6 is 0 Å². The first-order valence-corrected chi connectivity index (χ1v) is 10.1. The summed E-state index contributed by atoms with van der Waals surface area (Å²) >= 11 is 0. The third kappa shape index (κ3) is 3.38. The molecule has 0 spiro atoms. The van der Waals surface area contributed by atoms with Crippen LogP contribution in [0.5, 0.6) is 5.75 Å². The molecule has 2 heterocycles. The minimum atomic E-state index is -3.67. The van der Waals surface area contributed by atoms with Crippen molar-refractivity contribution in [3.8, 4) is 5.75 Å². The number of sulfonamides is 1. The van der Waals surface area contributed by atoms with E-state index in [1.165, 1.54) is 0 Å². The number of fused-ring (bicyclic) bond motifs is 1. The molecule has 0 aromatic heterocycles. The van der Waals surface area contributed by atoms with E-state index in [1.54, 1.807) is 12.1 Å². The van der Waals surface area contributed by atoms with Crippen LogP contribution in [0.25, 0.3) is 0 Å². The van der Waals surface area contributed by atoms with Crippen LogP contribution in [0.4, 0.5) is 5.69 Å². The Morgan fingerprint density at radius 1 is 1.42 bits per heavy atom. The number of nitrogens with one attached hydrogen (secondary N) is 1. The van der Waals surface area contributed by atoms with Crippen LogP contribution in [0.2, 0.25) is 0 Å². The smallest absolute Gasteiger partial charge is 0.246 e. The Kier molecular flexibility index (Phi) is 5.03. The van der Waals surface area contributed by atoms with E-state index in [0.29, 0.717) is 24.0 Å². The van der Waals surface area contributed by atoms with Gasteiger partial charge in [0, 0.05) is 6.54 Å². The van der Waals surface area contributed by atoms with Crippen molar-refractivity contribution in [1.82, 2.24) is 4.72 Å². The topological polar surface area (TPSA) is 78.9 Å². The number of aliphatic hydroxyl groups excluding tert-OH is 1. The molecule has 1 fully saturated rings. The molecule has 0 bridgehead atoms. The van der Waals surface area contributed by atoms with Gasteiger partial charge in [0.1, 0.15) is 17.3 Å². The maximum Gasteiger partial charge on any atom is 0.246 e. The first kappa shape index (κ1) is 17.5. The zero-order valence-electron chi connectivity index (χ0n) is 14.2. The molecular weight excluding hydrogens is 328 g/mol. The van der Waals surface area contributed by atoms with Gasteiger partial charge in [0.25, 0.3) is 0 Å². The fourth-order valence-electron chi connectivity index (χ4n) is 3.64. The summed E-state index contributed by atoms with van der Waals surface area (Å²) in [5, 5.41) is 9.59. The summed E-state index contributed by atoms with van der Waals surface area (Å²) < 4.78 is 34.6. The lowest BCUT2D eigenvalue weighted by Gasteiger charge is -2.27. The van der Waals surface area contributed by atoms with Gasteiger partial charge in [-0.3, -0.25) is 0 Å². The highest BCUT2D eigenvalue weighted by molar-refractivity contribution is 7.89. The Hall–Kier alpha value is -1.31. The number of rotatable bonds is 4. The number of hydrogen-bond donors (Lipinski definition) is 2. The lowest BCUT2D eigenvalue weighted by atomic mass is 10.1. The molecule has 0 radical (unpaired) electrons. The number of hydrogen-bond acceptors (Lipinski definition) is 5. The second-order valence-corrected chi connectivity index (χ2v) is 8.69. The maximum atomic E-state index is 13.0. The summed E-state index contributed by atoms with van der Waals surface area (Å²) in [7, 11) is -3.67. The van der Waals surface area contributed by atoms with Gasteiger partial charge in [-0.25, -0.2) is 13.1 Å². The third-order valence-electron chi connectivity index (χ3n) is 4.64. The summed E-state index contributed by atoms with van der Waals surface area (Å²) in [6.07, 6.45) is 2.54. The van der Waals surface area contributed by atoms with Gasteiger partial charge in [0.2, 0.25) is 10.0 Å². The summed E-state index contributed by atoms with van der Waals surface area (Å²) in [6.45, 7) is 5.22. The molecule has 0 saturated carbocycles. The molecule has 6 nitrogen and oxygen atoms in total. The highest BCUT2D eigenvalue weighted by Gasteiger charge is 2.35. The fraction of sp³-hybridized carbons (Fsp3) is 0.647. The standard InChI is InChI=1S/C17H26N2O4S/c1-12(2)9-13-11-23-16-7-3-6-15(17(16)24(21,22)18-13)19-8-4-5-14(19)10-20/h3,6-7,12-14,18,20H,4-5,8-11H2,1-2H3/t13-,14-/m1/s1. The highest BCUT2D eigenvalue weighted by atomic mass is 32.2. The minimum Gasteiger partial charge on any atom is -0.490 e. The van der Waals surface area contributed by atoms with Gasteiger partial charge in [-0.1, -0.05) is 19.9 Å². The Balaban J connectivity index is 2.01. The predicted octanol–water partition coefficient (Wildman–Crippen LogP) is 1.73. The molecule has 2 atom stereocenters. The Bertz CT molecular complexity index is 690. The molecule has 2 N–H and O–H groups in total. The van der Waals surface area contributed by atoms with Crippen molar-refractivity contribution in [2.24, 2.45) is 5.92 Å². The Labute approximate surface area is 143 Å². The molecule has 2 aliphatic rings. The molecule has 1 aromatic rings. The van der Waals surface area contributed by atoms with Gasteiger partial charge in [0.15, 0.2) is 0 Å². The maximum absolute atomic E-state index is 13.0. The van der Waals surface area contributed by atoms with Crippen LogP contribution < -0.4 is 14.4 Å². The van der Waals surface area contributed by atoms with Gasteiger partial charge in [-0.2, -0.15) is 0 Å². The molecule has 2 aliphatic heterocycles. The predicted molar refractivity (Wildman–Crippen MR) is 93.0 cm³/mol. The third-order valence-corrected chi connectivity index (χ3v) is 6.23. The van der Waals surface area contributed by atoms with Gasteiger partial charge < -0.3 is 14.7 Å². The number of aliphatic hydroxyl groups is 1. The summed E-state index contributed by atoms with van der Waals surface area (Å²) in [4.78, 5) is 2.20. The number of ether oxygens (including phenoxy) is 1. The van der Waals surface area contributed by atoms with Crippen molar-refractivity contribution in [3.63, 3.8) is 0 Å². The van der Waals surface area contributed by atoms with Crippen LogP contribution in [-0.2, 0) is 10.0 Å². The first-order valence-electron chi connectivity index (χ1n) is 8.58. The van der Waals surface area contributed by atoms with Crippen molar-refractivity contribution >= 4 is 15.7 Å². The van der Waals surface area contributed by atoms with E-state index in [9.17, 15) is 13.5 Å². The van der Waals surface area contributed by atoms with Crippen molar-refractivity contribution in [2.45, 2.75) is 50.1 Å². The average molecular weight is 354 g/mol. The average Bonchev–Trinajstić information content (AvgIpc) is 2.95. The van der Waals surface area contributed by atoms with Crippen LogP contribution in [-0.4, -0.2) is 45.4 Å². The lowest BCUT2D eigenvalue weighted by Crippen LogP contribution is -2.38. The second-order valence-electron chi connectivity index (χ2n) is 7.04. The van der Waals surface area contributed by atoms with E-state index in [1.807, 2.05) is 11.0 Å². The molecular formula is C17H26N2O4S. The van der Waals surface area contributed by atoms with Crippen LogP contribution in [0.1, 0.15) is 33.1 Å². The van der Waals surface area contributed by atoms with Gasteiger partial charge in [0.05, 0.1) is 24.4 Å². The molecule has 1 aromatic carbocycles. The van der Waals surface area contributed by atoms with E-state index >= 15 is 0 Å². The van der Waals surface area contributed by atoms with Crippen LogP contribution in [0, 0.1) is 5.92 Å². The first-order chi connectivity index (χ1) is 11.4. The SMILES string of the molecule is CC(C)C[C@@H]1COc2cccc(N3CCC[C@@H]3CO)c2S(=O)(=O)N1. The largest absolute Gasteiger partial charge is 0.490 e. The normalized spacial score (nSPS) is 26.1. The van der Waals surface area contributed by atoms with Crippen LogP contribution in [0.3, 0.4) is 0 Å². The molecule has 134 valence electrons. The summed E-state index contributed by atoms with van der Waals surface area (Å²) in [6, 6.07) is 5.06. The number of nitrogens with zero attached hydrogens (tertiary/aromatic N) is 1. The molecule has 1 saturated heterocycles. The van der Waals surface area contributed by atoms with Gasteiger partial charge in [-0.05, 0) is 37.3 Å². The monoisotopic (exact) mass is 354 g/mol. The lowest BCUT2D eigenvalue weighted by molar-refractivity contribution is 0.261. The van der Waals surface area contributed by atoms with E-state index in [2.05, 4.69) is 18.6 Å². The van der Waals surface area contributed by atoms with E-state index in [4.69, 9.17) is 4.74 Å². The quantitative estimate of drug-likeness (QED) is 0.861. The Morgan fingerprint density at radius 2 is 2.21 bits per heavy atom. The highest BCUT2D eigenvalue weighted by Crippen LogP contribution is 2.38. The molecule has 3 rings (SSSR count). The Morgan fingerprint density at radius 3 is 2.92 bits per heavy atom. The van der Waals surface area contributed by atoms with E-state index in [0.717, 1.165) is 25.8 Å². The van der Waals surface area contributed by atoms with Crippen LogP contribution in [0.15, 0.2) is 23.1 Å². The summed E-state index contributed by atoms with van der Waals surface area (Å²) in [5.74, 6) is 0.772. The zero-order valence-corrected chi connectivity index (χ0v) is 15.1. The van der Waals surface area contributed by atoms with Crippen molar-refractivity contribution in [2.75, 3.05) is 24.7 Å². The van der Waals surface area contributed by atoms with Crippen molar-refractivity contribution in [1.29, 1.82) is 0 Å². The zero-order chi connectivity index (χ0) is 17.3. The number of benzene rings is 1. The van der Waals surface area contributed by atoms with E-state index < -0.39 is 10.0 Å². The second kappa shape index (κ2) is 6.90. The van der Waals surface area contributed by atoms with Gasteiger partial charge >= 0.3 is 0 Å². The van der Waals surface area contributed by atoms with Crippen molar-refractivity contribution in [3.05, 3.63) is 18.2 Å². The molecule has 0 unspecified atom stereocenters. The molecule has 0 amide bonds. The minimum absolute atomic E-state index is 0.0218.